The van der Waals surface area contributed by atoms with Gasteiger partial charge in [-0.3, -0.25) is 4.79 Å². The Morgan fingerprint density at radius 3 is 2.84 bits per heavy atom. The van der Waals surface area contributed by atoms with E-state index in [2.05, 4.69) is 10.3 Å². The molecule has 1 aliphatic heterocycles. The van der Waals surface area contributed by atoms with Crippen molar-refractivity contribution in [2.24, 2.45) is 7.05 Å². The Morgan fingerprint density at radius 2 is 2.16 bits per heavy atom. The average molecular weight is 425 g/mol. The van der Waals surface area contributed by atoms with E-state index in [-0.39, 0.29) is 5.91 Å². The third-order valence-electron chi connectivity index (χ3n) is 5.78. The van der Waals surface area contributed by atoms with Crippen LogP contribution in [0.2, 0.25) is 0 Å². The molecular weight excluding hydrogens is 396 g/mol. The van der Waals surface area contributed by atoms with Crippen molar-refractivity contribution < 1.29 is 19.0 Å². The Hall–Kier alpha value is -2.81. The number of pyridine rings is 2. The van der Waals surface area contributed by atoms with Crippen LogP contribution in [0.5, 0.6) is 0 Å². The molecule has 0 spiro atoms. The van der Waals surface area contributed by atoms with Crippen LogP contribution in [0, 0.1) is 0 Å². The lowest BCUT2D eigenvalue weighted by Gasteiger charge is -2.26. The van der Waals surface area contributed by atoms with Gasteiger partial charge in [0.2, 0.25) is 5.91 Å². The first kappa shape index (κ1) is 21.4. The summed E-state index contributed by atoms with van der Waals surface area (Å²) < 4.78 is 18.9. The van der Waals surface area contributed by atoms with Gasteiger partial charge in [-0.1, -0.05) is 6.92 Å². The molecule has 8 nitrogen and oxygen atoms in total. The summed E-state index contributed by atoms with van der Waals surface area (Å²) in [5.41, 5.74) is 4.01. The molecule has 0 bridgehead atoms. The predicted octanol–water partition coefficient (Wildman–Crippen LogP) is 3.39. The molecule has 1 amide bonds. The number of anilines is 1. The Kier molecular flexibility index (Phi) is 6.04. The van der Waals surface area contributed by atoms with Crippen LogP contribution >= 0.6 is 0 Å². The molecule has 0 aromatic carbocycles. The van der Waals surface area contributed by atoms with Crippen LogP contribution in [0.15, 0.2) is 30.6 Å². The molecule has 1 fully saturated rings. The van der Waals surface area contributed by atoms with E-state index in [4.69, 9.17) is 19.2 Å². The second-order valence-corrected chi connectivity index (χ2v) is 7.82. The highest BCUT2D eigenvalue weighted by Gasteiger charge is 2.39. The number of carbonyl (C=O) groups excluding carboxylic acids is 1. The Morgan fingerprint density at radius 1 is 1.32 bits per heavy atom. The van der Waals surface area contributed by atoms with E-state index in [9.17, 15) is 4.79 Å². The highest BCUT2D eigenvalue weighted by Crippen LogP contribution is 2.36. The molecule has 0 aliphatic carbocycles. The summed E-state index contributed by atoms with van der Waals surface area (Å²) >= 11 is 0. The molecule has 1 aliphatic rings. The van der Waals surface area contributed by atoms with Crippen LogP contribution in [-0.2, 0) is 38.3 Å². The molecule has 3 aromatic heterocycles. The average Bonchev–Trinajstić information content (AvgIpc) is 3.39. The Bertz CT molecular complexity index is 1100. The first-order valence-electron chi connectivity index (χ1n) is 10.4. The second kappa shape index (κ2) is 8.74. The largest absolute Gasteiger partial charge is 0.380 e. The van der Waals surface area contributed by atoms with Gasteiger partial charge in [0.15, 0.2) is 0 Å². The number of hydrogen-bond acceptors (Lipinski definition) is 6. The van der Waals surface area contributed by atoms with E-state index in [1.165, 1.54) is 0 Å². The lowest BCUT2D eigenvalue weighted by Crippen LogP contribution is -2.30. The third kappa shape index (κ3) is 4.06. The standard InChI is InChI=1S/C23H28N4O4/c1-5-22(28)26-21-10-16-17(12-27(2)19(16)11-24-21)18-8-15(13-29-3)9-20(25-18)23(30-4)6-7-31-14-23/h8-12H,5-7,13-14H2,1-4H3,(H,24,26,28)/t23-/m0/s1. The number of hydrogen-bond donors (Lipinski definition) is 1. The smallest absolute Gasteiger partial charge is 0.225 e. The molecule has 4 heterocycles. The Labute approximate surface area is 181 Å². The molecule has 4 rings (SSSR count). The van der Waals surface area contributed by atoms with Crippen LogP contribution < -0.4 is 5.32 Å². The molecule has 3 aromatic rings. The van der Waals surface area contributed by atoms with Crippen LogP contribution in [0.3, 0.4) is 0 Å². The summed E-state index contributed by atoms with van der Waals surface area (Å²) in [6.45, 7) is 3.39. The van der Waals surface area contributed by atoms with Gasteiger partial charge >= 0.3 is 0 Å². The van der Waals surface area contributed by atoms with Crippen LogP contribution in [-0.4, -0.2) is 47.9 Å². The maximum atomic E-state index is 11.8. The van der Waals surface area contributed by atoms with Crippen molar-refractivity contribution >= 4 is 22.6 Å². The molecular formula is C23H28N4O4. The van der Waals surface area contributed by atoms with E-state index >= 15 is 0 Å². The van der Waals surface area contributed by atoms with Crippen LogP contribution in [0.25, 0.3) is 22.2 Å². The minimum absolute atomic E-state index is 0.0740. The van der Waals surface area contributed by atoms with Gasteiger partial charge < -0.3 is 24.1 Å². The number of aromatic nitrogens is 3. The molecule has 1 atom stereocenters. The van der Waals surface area contributed by atoms with Crippen LogP contribution in [0.4, 0.5) is 5.82 Å². The fourth-order valence-electron chi connectivity index (χ4n) is 4.00. The SMILES string of the molecule is CCC(=O)Nc1cc2c(-c3cc(COC)cc([C@]4(OC)CCOC4)n3)cn(C)c2cn1. The number of carbonyl (C=O) groups is 1. The summed E-state index contributed by atoms with van der Waals surface area (Å²) in [5, 5.41) is 3.80. The minimum Gasteiger partial charge on any atom is -0.380 e. The monoisotopic (exact) mass is 424 g/mol. The first-order valence-corrected chi connectivity index (χ1v) is 10.4. The molecule has 31 heavy (non-hydrogen) atoms. The van der Waals surface area contributed by atoms with E-state index in [1.807, 2.05) is 42.9 Å². The van der Waals surface area contributed by atoms with Crippen molar-refractivity contribution in [3.8, 4) is 11.3 Å². The molecule has 1 saturated heterocycles. The summed E-state index contributed by atoms with van der Waals surface area (Å²) in [4.78, 5) is 21.2. The van der Waals surface area contributed by atoms with E-state index < -0.39 is 5.60 Å². The quantitative estimate of drug-likeness (QED) is 0.626. The van der Waals surface area contributed by atoms with Crippen molar-refractivity contribution in [3.05, 3.63) is 41.9 Å². The van der Waals surface area contributed by atoms with Gasteiger partial charge in [-0.15, -0.1) is 0 Å². The summed E-state index contributed by atoms with van der Waals surface area (Å²) in [7, 11) is 5.35. The zero-order valence-corrected chi connectivity index (χ0v) is 18.4. The number of nitrogens with zero attached hydrogens (tertiary/aromatic N) is 3. The molecule has 0 radical (unpaired) electrons. The summed E-state index contributed by atoms with van der Waals surface area (Å²) in [6.07, 6.45) is 4.95. The number of amides is 1. The number of fused-ring (bicyclic) bond motifs is 1. The fraction of sp³-hybridized carbons (Fsp3) is 0.435. The van der Waals surface area contributed by atoms with E-state index in [1.54, 1.807) is 20.4 Å². The van der Waals surface area contributed by atoms with Gasteiger partial charge in [0.25, 0.3) is 0 Å². The number of rotatable bonds is 7. The zero-order valence-electron chi connectivity index (χ0n) is 18.4. The normalized spacial score (nSPS) is 18.6. The van der Waals surface area contributed by atoms with Gasteiger partial charge in [-0.2, -0.15) is 0 Å². The van der Waals surface area contributed by atoms with E-state index in [0.717, 1.165) is 39.8 Å². The van der Waals surface area contributed by atoms with Gasteiger partial charge in [0.1, 0.15) is 11.4 Å². The molecule has 1 N–H and O–H groups in total. The van der Waals surface area contributed by atoms with Gasteiger partial charge in [0.05, 0.1) is 36.3 Å². The number of aryl methyl sites for hydroxylation is 1. The van der Waals surface area contributed by atoms with Crippen molar-refractivity contribution in [3.63, 3.8) is 0 Å². The third-order valence-corrected chi connectivity index (χ3v) is 5.78. The summed E-state index contributed by atoms with van der Waals surface area (Å²) in [6, 6.07) is 5.96. The topological polar surface area (TPSA) is 87.5 Å². The van der Waals surface area contributed by atoms with Crippen molar-refractivity contribution in [2.75, 3.05) is 32.8 Å². The number of methoxy groups -OCH3 is 2. The predicted molar refractivity (Wildman–Crippen MR) is 118 cm³/mol. The molecule has 0 unspecified atom stereocenters. The van der Waals surface area contributed by atoms with Gasteiger partial charge in [-0.25, -0.2) is 9.97 Å². The highest BCUT2D eigenvalue weighted by molar-refractivity contribution is 5.98. The van der Waals surface area contributed by atoms with Gasteiger partial charge in [0, 0.05) is 57.9 Å². The second-order valence-electron chi connectivity index (χ2n) is 7.82. The van der Waals surface area contributed by atoms with E-state index in [0.29, 0.717) is 32.1 Å². The van der Waals surface area contributed by atoms with Crippen molar-refractivity contribution in [1.82, 2.24) is 14.5 Å². The first-order chi connectivity index (χ1) is 15.0. The highest BCUT2D eigenvalue weighted by atomic mass is 16.5. The van der Waals surface area contributed by atoms with Crippen molar-refractivity contribution in [2.45, 2.75) is 32.0 Å². The number of ether oxygens (including phenoxy) is 3. The Balaban J connectivity index is 1.86. The zero-order chi connectivity index (χ0) is 22.0. The fourth-order valence-corrected chi connectivity index (χ4v) is 4.00. The van der Waals surface area contributed by atoms with Gasteiger partial charge in [-0.05, 0) is 23.8 Å². The summed E-state index contributed by atoms with van der Waals surface area (Å²) in [5.74, 6) is 0.452. The lowest BCUT2D eigenvalue weighted by molar-refractivity contribution is -0.115. The van der Waals surface area contributed by atoms with Crippen LogP contribution in [0.1, 0.15) is 31.0 Å². The maximum absolute atomic E-state index is 11.8. The van der Waals surface area contributed by atoms with Crippen molar-refractivity contribution in [1.29, 1.82) is 0 Å². The molecule has 8 heteroatoms. The number of nitrogens with one attached hydrogen (secondary N) is 1. The molecule has 164 valence electrons. The molecule has 0 saturated carbocycles. The lowest BCUT2D eigenvalue weighted by atomic mass is 9.95. The maximum Gasteiger partial charge on any atom is 0.225 e. The minimum atomic E-state index is -0.565.